The largest absolute Gasteiger partial charge is 0.192 e. The van der Waals surface area contributed by atoms with Crippen molar-refractivity contribution in [1.82, 2.24) is 0 Å². The van der Waals surface area contributed by atoms with E-state index in [4.69, 9.17) is 5.26 Å². The second-order valence-corrected chi connectivity index (χ2v) is 5.12. The van der Waals surface area contributed by atoms with Crippen molar-refractivity contribution in [3.8, 4) is 17.2 Å². The molecule has 0 saturated carbocycles. The Balaban J connectivity index is 0.000000247. The number of nitrogens with zero attached hydrogens (tertiary/aromatic N) is 1. The van der Waals surface area contributed by atoms with Crippen LogP contribution in [0.2, 0.25) is 0 Å². The van der Waals surface area contributed by atoms with Crippen molar-refractivity contribution in [2.24, 2.45) is 0 Å². The maximum absolute atomic E-state index is 8.77. The minimum Gasteiger partial charge on any atom is -0.192 e. The molecule has 0 fully saturated rings. The zero-order chi connectivity index (χ0) is 14.2. The van der Waals surface area contributed by atoms with Crippen LogP contribution in [0, 0.1) is 18.3 Å². The Morgan fingerprint density at radius 1 is 0.900 bits per heavy atom. The molecule has 0 amide bonds. The highest BCUT2D eigenvalue weighted by Gasteiger charge is 2.01. The molecule has 0 unspecified atom stereocenters. The highest BCUT2D eigenvalue weighted by molar-refractivity contribution is 7.07. The van der Waals surface area contributed by atoms with E-state index in [1.807, 2.05) is 66.2 Å². The van der Waals surface area contributed by atoms with E-state index in [0.717, 1.165) is 5.56 Å². The SMILES string of the molecule is Cc1cc(C#N)ccc1-c1ccccc1.c1ccsc1. The molecule has 0 radical (unpaired) electrons. The molecule has 1 heterocycles. The van der Waals surface area contributed by atoms with Crippen LogP contribution in [-0.4, -0.2) is 0 Å². The molecule has 0 N–H and O–H groups in total. The summed E-state index contributed by atoms with van der Waals surface area (Å²) >= 11 is 1.71. The van der Waals surface area contributed by atoms with E-state index in [0.29, 0.717) is 5.56 Å². The van der Waals surface area contributed by atoms with Crippen LogP contribution in [0.5, 0.6) is 0 Å². The van der Waals surface area contributed by atoms with Crippen LogP contribution in [0.25, 0.3) is 11.1 Å². The monoisotopic (exact) mass is 277 g/mol. The molecule has 3 aromatic rings. The maximum atomic E-state index is 8.77. The van der Waals surface area contributed by atoms with E-state index in [9.17, 15) is 0 Å². The molecule has 3 rings (SSSR count). The third kappa shape index (κ3) is 3.81. The van der Waals surface area contributed by atoms with Gasteiger partial charge in [0.15, 0.2) is 0 Å². The Bertz CT molecular complexity index is 662. The van der Waals surface area contributed by atoms with Gasteiger partial charge in [0.05, 0.1) is 11.6 Å². The average Bonchev–Trinajstić information content (AvgIpc) is 3.07. The van der Waals surface area contributed by atoms with Gasteiger partial charge in [-0.25, -0.2) is 0 Å². The van der Waals surface area contributed by atoms with Gasteiger partial charge in [0.1, 0.15) is 0 Å². The van der Waals surface area contributed by atoms with Crippen LogP contribution in [0.4, 0.5) is 0 Å². The van der Waals surface area contributed by atoms with Gasteiger partial charge in [-0.3, -0.25) is 0 Å². The Morgan fingerprint density at radius 2 is 1.60 bits per heavy atom. The quantitative estimate of drug-likeness (QED) is 0.593. The average molecular weight is 277 g/mol. The highest BCUT2D eigenvalue weighted by Crippen LogP contribution is 2.23. The van der Waals surface area contributed by atoms with E-state index < -0.39 is 0 Å². The maximum Gasteiger partial charge on any atom is 0.0991 e. The lowest BCUT2D eigenvalue weighted by Crippen LogP contribution is -1.84. The van der Waals surface area contributed by atoms with E-state index in [1.54, 1.807) is 11.3 Å². The van der Waals surface area contributed by atoms with Crippen LogP contribution in [0.3, 0.4) is 0 Å². The van der Waals surface area contributed by atoms with Gasteiger partial charge in [-0.05, 0) is 46.5 Å². The van der Waals surface area contributed by atoms with Crippen molar-refractivity contribution in [2.45, 2.75) is 6.92 Å². The molecule has 1 aromatic heterocycles. The van der Waals surface area contributed by atoms with Crippen molar-refractivity contribution in [3.63, 3.8) is 0 Å². The van der Waals surface area contributed by atoms with E-state index in [2.05, 4.69) is 18.2 Å². The Kier molecular flexibility index (Phi) is 5.11. The Morgan fingerprint density at radius 3 is 2.10 bits per heavy atom. The van der Waals surface area contributed by atoms with Crippen LogP contribution in [0.1, 0.15) is 11.1 Å². The van der Waals surface area contributed by atoms with Gasteiger partial charge in [-0.1, -0.05) is 48.5 Å². The number of thiophene rings is 1. The zero-order valence-corrected chi connectivity index (χ0v) is 12.1. The molecule has 1 nitrogen and oxygen atoms in total. The number of aryl methyl sites for hydroxylation is 1. The van der Waals surface area contributed by atoms with E-state index in [1.165, 1.54) is 11.1 Å². The van der Waals surface area contributed by atoms with Crippen LogP contribution < -0.4 is 0 Å². The number of rotatable bonds is 1. The lowest BCUT2D eigenvalue weighted by Gasteiger charge is -2.05. The normalized spacial score (nSPS) is 9.20. The molecule has 2 heteroatoms. The molecule has 0 bridgehead atoms. The fourth-order valence-corrected chi connectivity index (χ4v) is 2.36. The second-order valence-electron chi connectivity index (χ2n) is 4.30. The summed E-state index contributed by atoms with van der Waals surface area (Å²) in [5, 5.41) is 12.9. The molecule has 20 heavy (non-hydrogen) atoms. The standard InChI is InChI=1S/C14H11N.C4H4S/c1-11-9-12(10-15)7-8-14(11)13-5-3-2-4-6-13;1-2-4-5-3-1/h2-9H,1H3;1-4H. The zero-order valence-electron chi connectivity index (χ0n) is 11.3. The summed E-state index contributed by atoms with van der Waals surface area (Å²) in [4.78, 5) is 0. The molecule has 0 aliphatic heterocycles. The summed E-state index contributed by atoms with van der Waals surface area (Å²) in [7, 11) is 0. The summed E-state index contributed by atoms with van der Waals surface area (Å²) in [5.41, 5.74) is 4.24. The lowest BCUT2D eigenvalue weighted by molar-refractivity contribution is 1.41. The molecule has 0 spiro atoms. The fraction of sp³-hybridized carbons (Fsp3) is 0.0556. The minimum atomic E-state index is 0.715. The van der Waals surface area contributed by atoms with Crippen molar-refractivity contribution in [2.75, 3.05) is 0 Å². The van der Waals surface area contributed by atoms with Crippen LogP contribution in [-0.2, 0) is 0 Å². The van der Waals surface area contributed by atoms with Crippen LogP contribution >= 0.6 is 11.3 Å². The van der Waals surface area contributed by atoms with Gasteiger partial charge >= 0.3 is 0 Å². The van der Waals surface area contributed by atoms with Crippen LogP contribution in [0.15, 0.2) is 71.4 Å². The summed E-state index contributed by atoms with van der Waals surface area (Å²) in [6.45, 7) is 2.03. The van der Waals surface area contributed by atoms with Gasteiger partial charge in [-0.15, -0.1) is 0 Å². The third-order valence-corrected chi connectivity index (χ3v) is 3.49. The highest BCUT2D eigenvalue weighted by atomic mass is 32.1. The fourth-order valence-electron chi connectivity index (χ4n) is 1.90. The van der Waals surface area contributed by atoms with Gasteiger partial charge < -0.3 is 0 Å². The molecule has 0 atom stereocenters. The smallest absolute Gasteiger partial charge is 0.0991 e. The van der Waals surface area contributed by atoms with Gasteiger partial charge in [0.2, 0.25) is 0 Å². The Hall–Kier alpha value is -2.37. The van der Waals surface area contributed by atoms with E-state index in [-0.39, 0.29) is 0 Å². The summed E-state index contributed by atoms with van der Waals surface area (Å²) in [6.07, 6.45) is 0. The predicted octanol–water partition coefficient (Wildman–Crippen LogP) is 5.28. The molecule has 98 valence electrons. The number of hydrogen-bond acceptors (Lipinski definition) is 2. The molecule has 0 saturated heterocycles. The second kappa shape index (κ2) is 7.28. The first-order chi connectivity index (χ1) is 9.81. The first kappa shape index (κ1) is 14.0. The molecule has 2 aromatic carbocycles. The molecular weight excluding hydrogens is 262 g/mol. The third-order valence-electron chi connectivity index (χ3n) is 2.87. The number of nitriles is 1. The van der Waals surface area contributed by atoms with E-state index >= 15 is 0 Å². The molecule has 0 aliphatic carbocycles. The first-order valence-electron chi connectivity index (χ1n) is 6.34. The van der Waals surface area contributed by atoms with Crippen molar-refractivity contribution >= 4 is 11.3 Å². The number of benzene rings is 2. The van der Waals surface area contributed by atoms with Crippen molar-refractivity contribution in [1.29, 1.82) is 5.26 Å². The lowest BCUT2D eigenvalue weighted by atomic mass is 9.99. The van der Waals surface area contributed by atoms with Crippen molar-refractivity contribution < 1.29 is 0 Å². The summed E-state index contributed by atoms with van der Waals surface area (Å²) in [6, 6.07) is 22.2. The van der Waals surface area contributed by atoms with Gasteiger partial charge in [0, 0.05) is 0 Å². The van der Waals surface area contributed by atoms with Gasteiger partial charge in [0.25, 0.3) is 0 Å². The van der Waals surface area contributed by atoms with Gasteiger partial charge in [-0.2, -0.15) is 16.6 Å². The summed E-state index contributed by atoms with van der Waals surface area (Å²) < 4.78 is 0. The predicted molar refractivity (Wildman–Crippen MR) is 85.6 cm³/mol. The Labute approximate surface area is 123 Å². The topological polar surface area (TPSA) is 23.8 Å². The molecular formula is C18H15NS. The van der Waals surface area contributed by atoms with Crippen molar-refractivity contribution in [3.05, 3.63) is 82.6 Å². The minimum absolute atomic E-state index is 0.715. The summed E-state index contributed by atoms with van der Waals surface area (Å²) in [5.74, 6) is 0. The first-order valence-corrected chi connectivity index (χ1v) is 7.29. The number of hydrogen-bond donors (Lipinski definition) is 0. The molecule has 0 aliphatic rings.